The summed E-state index contributed by atoms with van der Waals surface area (Å²) >= 11 is 0. The van der Waals surface area contributed by atoms with Crippen molar-refractivity contribution in [2.24, 2.45) is 5.41 Å². The minimum atomic E-state index is -0.0857. The van der Waals surface area contributed by atoms with Crippen LogP contribution < -0.4 is 0 Å². The summed E-state index contributed by atoms with van der Waals surface area (Å²) in [7, 11) is 0. The maximum Gasteiger partial charge on any atom is 0.0693 e. The van der Waals surface area contributed by atoms with Crippen molar-refractivity contribution in [2.45, 2.75) is 58.3 Å². The van der Waals surface area contributed by atoms with E-state index in [1.54, 1.807) is 0 Å². The van der Waals surface area contributed by atoms with Crippen LogP contribution >= 0.6 is 0 Å². The molecule has 0 heterocycles. The predicted octanol–water partition coefficient (Wildman–Crippen LogP) is 4.83. The molecule has 0 spiro atoms. The highest BCUT2D eigenvalue weighted by atomic mass is 14.4. The zero-order chi connectivity index (χ0) is 13.0. The molecule has 1 aliphatic rings. The molecule has 1 heteroatoms. The fourth-order valence-corrected chi connectivity index (χ4v) is 2.97. The summed E-state index contributed by atoms with van der Waals surface area (Å²) in [6, 6.07) is 11.5. The molecule has 2 rings (SSSR count). The van der Waals surface area contributed by atoms with E-state index in [1.807, 2.05) is 0 Å². The molecule has 0 bridgehead atoms. The van der Waals surface area contributed by atoms with Gasteiger partial charge in [-0.05, 0) is 36.3 Å². The van der Waals surface area contributed by atoms with E-state index < -0.39 is 0 Å². The van der Waals surface area contributed by atoms with Crippen molar-refractivity contribution in [3.8, 4) is 6.07 Å². The second kappa shape index (κ2) is 5.57. The number of benzene rings is 1. The number of nitriles is 1. The van der Waals surface area contributed by atoms with Crippen LogP contribution in [0.25, 0.3) is 0 Å². The predicted molar refractivity (Wildman–Crippen MR) is 75.4 cm³/mol. The van der Waals surface area contributed by atoms with E-state index in [0.29, 0.717) is 5.92 Å². The van der Waals surface area contributed by atoms with E-state index in [9.17, 15) is 5.26 Å². The van der Waals surface area contributed by atoms with Gasteiger partial charge in [0.05, 0.1) is 11.5 Å². The molecule has 18 heavy (non-hydrogen) atoms. The second-order valence-electron chi connectivity index (χ2n) is 6.03. The average molecular weight is 241 g/mol. The molecule has 96 valence electrons. The highest BCUT2D eigenvalue weighted by molar-refractivity contribution is 5.26. The average Bonchev–Trinajstić information content (AvgIpc) is 2.40. The summed E-state index contributed by atoms with van der Waals surface area (Å²) in [4.78, 5) is 0. The summed E-state index contributed by atoms with van der Waals surface area (Å²) < 4.78 is 0. The van der Waals surface area contributed by atoms with Crippen molar-refractivity contribution in [2.75, 3.05) is 0 Å². The van der Waals surface area contributed by atoms with Gasteiger partial charge in [-0.15, -0.1) is 0 Å². The Hall–Kier alpha value is -1.29. The first-order valence-corrected chi connectivity index (χ1v) is 7.15. The van der Waals surface area contributed by atoms with Gasteiger partial charge in [-0.25, -0.2) is 0 Å². The molecule has 0 aliphatic heterocycles. The number of hydrogen-bond donors (Lipinski definition) is 0. The van der Waals surface area contributed by atoms with Gasteiger partial charge in [0.1, 0.15) is 0 Å². The van der Waals surface area contributed by atoms with Crippen molar-refractivity contribution >= 4 is 0 Å². The van der Waals surface area contributed by atoms with Crippen LogP contribution in [-0.4, -0.2) is 0 Å². The Balaban J connectivity index is 2.10. The van der Waals surface area contributed by atoms with E-state index >= 15 is 0 Å². The molecule has 0 atom stereocenters. The van der Waals surface area contributed by atoms with E-state index in [2.05, 4.69) is 44.2 Å². The Labute approximate surface area is 111 Å². The lowest BCUT2D eigenvalue weighted by Gasteiger charge is -2.30. The Morgan fingerprint density at radius 2 is 1.72 bits per heavy atom. The molecule has 1 saturated carbocycles. The van der Waals surface area contributed by atoms with Gasteiger partial charge >= 0.3 is 0 Å². The van der Waals surface area contributed by atoms with Gasteiger partial charge < -0.3 is 0 Å². The standard InChI is InChI=1S/C17H23N/c1-14(2)16-8-6-15(7-9-16)12-17(13-18)10-4-3-5-11-17/h6-9,14H,3-5,10-12H2,1-2H3. The Morgan fingerprint density at radius 3 is 2.22 bits per heavy atom. The van der Waals surface area contributed by atoms with Crippen molar-refractivity contribution in [3.05, 3.63) is 35.4 Å². The topological polar surface area (TPSA) is 23.8 Å². The molecule has 0 saturated heterocycles. The third-order valence-electron chi connectivity index (χ3n) is 4.24. The lowest BCUT2D eigenvalue weighted by molar-refractivity contribution is 0.266. The monoisotopic (exact) mass is 241 g/mol. The van der Waals surface area contributed by atoms with Crippen LogP contribution in [0.2, 0.25) is 0 Å². The maximum atomic E-state index is 9.50. The highest BCUT2D eigenvalue weighted by Gasteiger charge is 2.32. The molecule has 0 aromatic heterocycles. The Morgan fingerprint density at radius 1 is 1.11 bits per heavy atom. The zero-order valence-electron chi connectivity index (χ0n) is 11.6. The van der Waals surface area contributed by atoms with Crippen LogP contribution in [-0.2, 0) is 6.42 Å². The van der Waals surface area contributed by atoms with Gasteiger partial charge in [0.2, 0.25) is 0 Å². The van der Waals surface area contributed by atoms with Crippen LogP contribution in [0.5, 0.6) is 0 Å². The van der Waals surface area contributed by atoms with Gasteiger partial charge in [-0.2, -0.15) is 5.26 Å². The molecule has 0 N–H and O–H groups in total. The number of hydrogen-bond acceptors (Lipinski definition) is 1. The second-order valence-corrected chi connectivity index (χ2v) is 6.03. The number of nitrogens with zero attached hydrogens (tertiary/aromatic N) is 1. The normalized spacial score (nSPS) is 18.6. The SMILES string of the molecule is CC(C)c1ccc(CC2(C#N)CCCCC2)cc1. The molecular formula is C17H23N. The van der Waals surface area contributed by atoms with Crippen molar-refractivity contribution < 1.29 is 0 Å². The van der Waals surface area contributed by atoms with Crippen molar-refractivity contribution in [3.63, 3.8) is 0 Å². The molecule has 0 unspecified atom stereocenters. The molecule has 1 aliphatic carbocycles. The van der Waals surface area contributed by atoms with Gasteiger partial charge in [0.25, 0.3) is 0 Å². The first kappa shape index (κ1) is 13.1. The lowest BCUT2D eigenvalue weighted by Crippen LogP contribution is -2.24. The highest BCUT2D eigenvalue weighted by Crippen LogP contribution is 2.38. The molecule has 1 aromatic rings. The molecule has 0 radical (unpaired) electrons. The van der Waals surface area contributed by atoms with E-state index in [-0.39, 0.29) is 5.41 Å². The molecular weight excluding hydrogens is 218 g/mol. The Bertz CT molecular complexity index is 416. The fourth-order valence-electron chi connectivity index (χ4n) is 2.97. The van der Waals surface area contributed by atoms with E-state index in [1.165, 1.54) is 30.4 Å². The summed E-state index contributed by atoms with van der Waals surface area (Å²) in [6.45, 7) is 4.43. The van der Waals surface area contributed by atoms with Crippen LogP contribution in [0, 0.1) is 16.7 Å². The first-order valence-electron chi connectivity index (χ1n) is 7.15. The van der Waals surface area contributed by atoms with E-state index in [4.69, 9.17) is 0 Å². The fraction of sp³-hybridized carbons (Fsp3) is 0.588. The Kier molecular flexibility index (Phi) is 4.07. The molecule has 0 amide bonds. The van der Waals surface area contributed by atoms with Gasteiger partial charge in [0.15, 0.2) is 0 Å². The summed E-state index contributed by atoms with van der Waals surface area (Å²) in [5.41, 5.74) is 2.62. The smallest absolute Gasteiger partial charge is 0.0693 e. The van der Waals surface area contributed by atoms with E-state index in [0.717, 1.165) is 19.3 Å². The maximum absolute atomic E-state index is 9.50. The number of rotatable bonds is 3. The summed E-state index contributed by atoms with van der Waals surface area (Å²) in [5.74, 6) is 0.582. The quantitative estimate of drug-likeness (QED) is 0.743. The van der Waals surface area contributed by atoms with Crippen molar-refractivity contribution in [1.29, 1.82) is 5.26 Å². The third kappa shape index (κ3) is 2.93. The van der Waals surface area contributed by atoms with Gasteiger partial charge in [-0.1, -0.05) is 57.4 Å². The summed E-state index contributed by atoms with van der Waals surface area (Å²) in [6.07, 6.45) is 6.83. The third-order valence-corrected chi connectivity index (χ3v) is 4.24. The largest absolute Gasteiger partial charge is 0.198 e. The van der Waals surface area contributed by atoms with Crippen molar-refractivity contribution in [1.82, 2.24) is 0 Å². The lowest BCUT2D eigenvalue weighted by atomic mass is 9.71. The van der Waals surface area contributed by atoms with Gasteiger partial charge in [-0.3, -0.25) is 0 Å². The van der Waals surface area contributed by atoms with Crippen LogP contribution in [0.1, 0.15) is 63.0 Å². The minimum absolute atomic E-state index is 0.0857. The minimum Gasteiger partial charge on any atom is -0.198 e. The van der Waals surface area contributed by atoms with Crippen LogP contribution in [0.15, 0.2) is 24.3 Å². The molecule has 1 aromatic carbocycles. The first-order chi connectivity index (χ1) is 8.65. The van der Waals surface area contributed by atoms with Crippen LogP contribution in [0.3, 0.4) is 0 Å². The van der Waals surface area contributed by atoms with Crippen LogP contribution in [0.4, 0.5) is 0 Å². The zero-order valence-corrected chi connectivity index (χ0v) is 11.6. The molecule has 1 nitrogen and oxygen atoms in total. The summed E-state index contributed by atoms with van der Waals surface area (Å²) in [5, 5.41) is 9.50. The molecule has 1 fully saturated rings. The van der Waals surface area contributed by atoms with Gasteiger partial charge in [0, 0.05) is 0 Å².